The molecule has 0 saturated carbocycles. The highest BCUT2D eigenvalue weighted by molar-refractivity contribution is 5.85. The molecule has 0 aromatic heterocycles. The second-order valence-electron chi connectivity index (χ2n) is 3.98. The summed E-state index contributed by atoms with van der Waals surface area (Å²) in [5.41, 5.74) is 0.761. The van der Waals surface area contributed by atoms with E-state index < -0.39 is 5.97 Å². The molecule has 0 aliphatic rings. The van der Waals surface area contributed by atoms with Gasteiger partial charge in [0.25, 0.3) is 0 Å². The molecule has 4 heteroatoms. The SMILES string of the molecule is CCOc1cc(/C=C/C(=O)O)ccc1OC(C)C. The number of benzene rings is 1. The van der Waals surface area contributed by atoms with Gasteiger partial charge in [-0.1, -0.05) is 6.07 Å². The van der Waals surface area contributed by atoms with Gasteiger partial charge in [-0.05, 0) is 44.5 Å². The molecule has 0 saturated heterocycles. The first-order chi connectivity index (χ1) is 8.52. The van der Waals surface area contributed by atoms with Gasteiger partial charge < -0.3 is 14.6 Å². The molecule has 1 aromatic rings. The van der Waals surface area contributed by atoms with Crippen molar-refractivity contribution in [3.05, 3.63) is 29.8 Å². The van der Waals surface area contributed by atoms with Crippen molar-refractivity contribution >= 4 is 12.0 Å². The van der Waals surface area contributed by atoms with E-state index in [9.17, 15) is 4.79 Å². The highest BCUT2D eigenvalue weighted by Crippen LogP contribution is 2.29. The van der Waals surface area contributed by atoms with Gasteiger partial charge >= 0.3 is 5.97 Å². The fourth-order valence-corrected chi connectivity index (χ4v) is 1.42. The van der Waals surface area contributed by atoms with Crippen LogP contribution in [0, 0.1) is 0 Å². The summed E-state index contributed by atoms with van der Waals surface area (Å²) in [7, 11) is 0. The third-order valence-electron chi connectivity index (χ3n) is 2.05. The fourth-order valence-electron chi connectivity index (χ4n) is 1.42. The van der Waals surface area contributed by atoms with Crippen molar-refractivity contribution in [2.24, 2.45) is 0 Å². The summed E-state index contributed by atoms with van der Waals surface area (Å²) >= 11 is 0. The molecule has 18 heavy (non-hydrogen) atoms. The van der Waals surface area contributed by atoms with Crippen molar-refractivity contribution in [1.29, 1.82) is 0 Å². The summed E-state index contributed by atoms with van der Waals surface area (Å²) in [6.07, 6.45) is 2.67. The Labute approximate surface area is 107 Å². The van der Waals surface area contributed by atoms with Crippen LogP contribution in [-0.2, 0) is 4.79 Å². The molecular formula is C14H18O4. The number of carboxylic acid groups (broad SMARTS) is 1. The number of carbonyl (C=O) groups is 1. The van der Waals surface area contributed by atoms with E-state index in [4.69, 9.17) is 14.6 Å². The van der Waals surface area contributed by atoms with E-state index in [0.717, 1.165) is 11.6 Å². The Morgan fingerprint density at radius 3 is 2.67 bits per heavy atom. The first kappa shape index (κ1) is 14.1. The third kappa shape index (κ3) is 4.49. The molecule has 98 valence electrons. The smallest absolute Gasteiger partial charge is 0.328 e. The lowest BCUT2D eigenvalue weighted by Gasteiger charge is -2.14. The van der Waals surface area contributed by atoms with Crippen LogP contribution in [0.25, 0.3) is 6.08 Å². The number of ether oxygens (including phenoxy) is 2. The van der Waals surface area contributed by atoms with Gasteiger partial charge in [-0.2, -0.15) is 0 Å². The van der Waals surface area contributed by atoms with Crippen LogP contribution >= 0.6 is 0 Å². The number of carboxylic acids is 1. The van der Waals surface area contributed by atoms with Crippen LogP contribution in [0.15, 0.2) is 24.3 Å². The van der Waals surface area contributed by atoms with E-state index in [2.05, 4.69) is 0 Å². The number of hydrogen-bond donors (Lipinski definition) is 1. The molecule has 0 radical (unpaired) electrons. The predicted molar refractivity (Wildman–Crippen MR) is 70.0 cm³/mol. The normalized spacial score (nSPS) is 10.9. The third-order valence-corrected chi connectivity index (χ3v) is 2.05. The number of aliphatic carboxylic acids is 1. The van der Waals surface area contributed by atoms with E-state index in [-0.39, 0.29) is 6.10 Å². The van der Waals surface area contributed by atoms with Gasteiger partial charge in [0, 0.05) is 6.08 Å². The van der Waals surface area contributed by atoms with Gasteiger partial charge in [0.1, 0.15) is 0 Å². The topological polar surface area (TPSA) is 55.8 Å². The first-order valence-corrected chi connectivity index (χ1v) is 5.87. The second-order valence-corrected chi connectivity index (χ2v) is 3.98. The maximum absolute atomic E-state index is 10.5. The van der Waals surface area contributed by atoms with E-state index in [1.165, 1.54) is 6.08 Å². The molecule has 0 heterocycles. The van der Waals surface area contributed by atoms with Crippen LogP contribution in [0.3, 0.4) is 0 Å². The van der Waals surface area contributed by atoms with Gasteiger partial charge in [-0.15, -0.1) is 0 Å². The van der Waals surface area contributed by atoms with Crippen molar-refractivity contribution in [2.75, 3.05) is 6.61 Å². The Kier molecular flexibility index (Phi) is 5.24. The summed E-state index contributed by atoms with van der Waals surface area (Å²) in [5, 5.41) is 8.58. The lowest BCUT2D eigenvalue weighted by atomic mass is 10.2. The van der Waals surface area contributed by atoms with Crippen molar-refractivity contribution in [1.82, 2.24) is 0 Å². The summed E-state index contributed by atoms with van der Waals surface area (Å²) < 4.78 is 11.1. The second kappa shape index (κ2) is 6.69. The van der Waals surface area contributed by atoms with Crippen LogP contribution in [0.4, 0.5) is 0 Å². The zero-order valence-corrected chi connectivity index (χ0v) is 10.8. The van der Waals surface area contributed by atoms with Crippen LogP contribution < -0.4 is 9.47 Å². The monoisotopic (exact) mass is 250 g/mol. The van der Waals surface area contributed by atoms with Crippen molar-refractivity contribution < 1.29 is 19.4 Å². The maximum Gasteiger partial charge on any atom is 0.328 e. The average molecular weight is 250 g/mol. The summed E-state index contributed by atoms with van der Waals surface area (Å²) in [5.74, 6) is 0.313. The lowest BCUT2D eigenvalue weighted by Crippen LogP contribution is -2.07. The Balaban J connectivity index is 2.98. The minimum absolute atomic E-state index is 0.0598. The van der Waals surface area contributed by atoms with Crippen LogP contribution in [0.1, 0.15) is 26.3 Å². The standard InChI is InChI=1S/C14H18O4/c1-4-17-13-9-11(6-8-14(15)16)5-7-12(13)18-10(2)3/h5-10H,4H2,1-3H3,(H,15,16)/b8-6+. The molecular weight excluding hydrogens is 232 g/mol. The Morgan fingerprint density at radius 2 is 2.11 bits per heavy atom. The molecule has 1 N–H and O–H groups in total. The van der Waals surface area contributed by atoms with Gasteiger partial charge in [-0.25, -0.2) is 4.79 Å². The molecule has 0 amide bonds. The van der Waals surface area contributed by atoms with Gasteiger partial charge in [0.2, 0.25) is 0 Å². The lowest BCUT2D eigenvalue weighted by molar-refractivity contribution is -0.131. The van der Waals surface area contributed by atoms with E-state index in [0.29, 0.717) is 18.1 Å². The molecule has 0 unspecified atom stereocenters. The van der Waals surface area contributed by atoms with Gasteiger partial charge in [0.05, 0.1) is 12.7 Å². The van der Waals surface area contributed by atoms with Crippen molar-refractivity contribution in [2.45, 2.75) is 26.9 Å². The van der Waals surface area contributed by atoms with Gasteiger partial charge in [0.15, 0.2) is 11.5 Å². The Bertz CT molecular complexity index is 435. The fraction of sp³-hybridized carbons (Fsp3) is 0.357. The molecule has 1 rings (SSSR count). The quantitative estimate of drug-likeness (QED) is 0.788. The minimum atomic E-state index is -0.976. The zero-order valence-electron chi connectivity index (χ0n) is 10.8. The highest BCUT2D eigenvalue weighted by atomic mass is 16.5. The molecule has 1 aromatic carbocycles. The molecule has 0 aliphatic carbocycles. The summed E-state index contributed by atoms with van der Waals surface area (Å²) in [4.78, 5) is 10.5. The van der Waals surface area contributed by atoms with Crippen LogP contribution in [0.2, 0.25) is 0 Å². The molecule has 0 fully saturated rings. The van der Waals surface area contributed by atoms with Gasteiger partial charge in [-0.3, -0.25) is 0 Å². The minimum Gasteiger partial charge on any atom is -0.490 e. The van der Waals surface area contributed by atoms with E-state index in [1.54, 1.807) is 18.2 Å². The molecule has 0 bridgehead atoms. The van der Waals surface area contributed by atoms with Crippen LogP contribution in [-0.4, -0.2) is 23.8 Å². The predicted octanol–water partition coefficient (Wildman–Crippen LogP) is 2.97. The molecule has 0 spiro atoms. The zero-order chi connectivity index (χ0) is 13.5. The van der Waals surface area contributed by atoms with Crippen molar-refractivity contribution in [3.63, 3.8) is 0 Å². The highest BCUT2D eigenvalue weighted by Gasteiger charge is 2.07. The summed E-state index contributed by atoms with van der Waals surface area (Å²) in [6, 6.07) is 5.34. The molecule has 0 atom stereocenters. The maximum atomic E-state index is 10.5. The Morgan fingerprint density at radius 1 is 1.39 bits per heavy atom. The largest absolute Gasteiger partial charge is 0.490 e. The summed E-state index contributed by atoms with van der Waals surface area (Å²) in [6.45, 7) is 6.29. The van der Waals surface area contributed by atoms with E-state index >= 15 is 0 Å². The van der Waals surface area contributed by atoms with E-state index in [1.807, 2.05) is 20.8 Å². The van der Waals surface area contributed by atoms with Crippen LogP contribution in [0.5, 0.6) is 11.5 Å². The first-order valence-electron chi connectivity index (χ1n) is 5.87. The number of rotatable bonds is 6. The molecule has 4 nitrogen and oxygen atoms in total. The number of hydrogen-bond acceptors (Lipinski definition) is 3. The Hall–Kier alpha value is -1.97. The average Bonchev–Trinajstić information content (AvgIpc) is 2.29. The van der Waals surface area contributed by atoms with Crippen molar-refractivity contribution in [3.8, 4) is 11.5 Å². The molecule has 0 aliphatic heterocycles.